The van der Waals surface area contributed by atoms with Crippen LogP contribution in [0.15, 0.2) is 12.3 Å². The Balaban J connectivity index is 0.00000261. The first kappa shape index (κ1) is 22.0. The second-order valence-electron chi connectivity index (χ2n) is 6.87. The van der Waals surface area contributed by atoms with Gasteiger partial charge >= 0.3 is 6.18 Å². The standard InChI is InChI=1S/C17H22ClF3N4O.ClH/c1-11-9-22-4-7-25(11)16(26)12-2-5-24(6-3-12)15-14(18)8-13(10-23-15)17(19,20)21;/h8,10-12,22H,2-7,9H2,1H3;1H/t11-;/m1./s1. The van der Waals surface area contributed by atoms with Crippen LogP contribution in [0.25, 0.3) is 0 Å². The van der Waals surface area contributed by atoms with Crippen molar-refractivity contribution in [1.29, 1.82) is 0 Å². The minimum absolute atomic E-state index is 0. The van der Waals surface area contributed by atoms with Crippen LogP contribution < -0.4 is 10.2 Å². The number of halogens is 5. The summed E-state index contributed by atoms with van der Waals surface area (Å²) in [5.41, 5.74) is -0.857. The van der Waals surface area contributed by atoms with Gasteiger partial charge in [0.2, 0.25) is 5.91 Å². The van der Waals surface area contributed by atoms with Gasteiger partial charge in [0.05, 0.1) is 10.6 Å². The number of carbonyl (C=O) groups excluding carboxylic acids is 1. The molecule has 0 unspecified atom stereocenters. The number of pyridine rings is 1. The number of rotatable bonds is 2. The van der Waals surface area contributed by atoms with E-state index >= 15 is 0 Å². The molecule has 1 N–H and O–H groups in total. The van der Waals surface area contributed by atoms with Gasteiger partial charge in [0, 0.05) is 50.9 Å². The van der Waals surface area contributed by atoms with E-state index in [4.69, 9.17) is 11.6 Å². The van der Waals surface area contributed by atoms with Crippen LogP contribution in [-0.4, -0.2) is 54.6 Å². The van der Waals surface area contributed by atoms with Crippen LogP contribution in [0.2, 0.25) is 5.02 Å². The molecule has 1 amide bonds. The molecule has 3 rings (SSSR count). The van der Waals surface area contributed by atoms with Crippen molar-refractivity contribution in [2.75, 3.05) is 37.6 Å². The average Bonchev–Trinajstić information content (AvgIpc) is 2.61. The summed E-state index contributed by atoms with van der Waals surface area (Å²) in [6.45, 7) is 5.46. The summed E-state index contributed by atoms with van der Waals surface area (Å²) in [6.07, 6.45) is -2.36. The van der Waals surface area contributed by atoms with E-state index in [2.05, 4.69) is 10.3 Å². The summed E-state index contributed by atoms with van der Waals surface area (Å²) in [6, 6.07) is 1.09. The van der Waals surface area contributed by atoms with E-state index in [1.807, 2.05) is 16.7 Å². The number of nitrogens with zero attached hydrogens (tertiary/aromatic N) is 3. The van der Waals surface area contributed by atoms with E-state index in [0.717, 1.165) is 25.4 Å². The highest BCUT2D eigenvalue weighted by atomic mass is 35.5. The number of nitrogens with one attached hydrogen (secondary N) is 1. The third-order valence-corrected chi connectivity index (χ3v) is 5.36. The highest BCUT2D eigenvalue weighted by Crippen LogP contribution is 2.34. The van der Waals surface area contributed by atoms with Crippen molar-refractivity contribution in [3.05, 3.63) is 22.8 Å². The second kappa shape index (κ2) is 8.84. The molecule has 3 heterocycles. The zero-order valence-corrected chi connectivity index (χ0v) is 16.5. The smallest absolute Gasteiger partial charge is 0.355 e. The third kappa shape index (κ3) is 4.97. The number of piperazine rings is 1. The maximum atomic E-state index is 12.7. The first-order chi connectivity index (χ1) is 12.3. The predicted octanol–water partition coefficient (Wildman–Crippen LogP) is 3.21. The quantitative estimate of drug-likeness (QED) is 0.788. The SMILES string of the molecule is C[C@@H]1CNCCN1C(=O)C1CCN(c2ncc(C(F)(F)F)cc2Cl)CC1.Cl. The van der Waals surface area contributed by atoms with Crippen LogP contribution in [0, 0.1) is 5.92 Å². The van der Waals surface area contributed by atoms with Gasteiger partial charge in [0.15, 0.2) is 0 Å². The fourth-order valence-electron chi connectivity index (χ4n) is 3.56. The molecule has 2 fully saturated rings. The van der Waals surface area contributed by atoms with Crippen LogP contribution in [-0.2, 0) is 11.0 Å². The zero-order valence-electron chi connectivity index (χ0n) is 14.9. The Bertz CT molecular complexity index is 666. The van der Waals surface area contributed by atoms with Crippen LogP contribution in [0.3, 0.4) is 0 Å². The fourth-order valence-corrected chi connectivity index (χ4v) is 3.85. The van der Waals surface area contributed by atoms with Gasteiger partial charge in [-0.05, 0) is 25.8 Å². The molecular formula is C17H23Cl2F3N4O. The van der Waals surface area contributed by atoms with E-state index < -0.39 is 11.7 Å². The lowest BCUT2D eigenvalue weighted by Gasteiger charge is -2.39. The van der Waals surface area contributed by atoms with Crippen molar-refractivity contribution < 1.29 is 18.0 Å². The number of hydrogen-bond acceptors (Lipinski definition) is 4. The normalized spacial score (nSPS) is 21.7. The zero-order chi connectivity index (χ0) is 18.9. The maximum absolute atomic E-state index is 12.7. The molecule has 0 aliphatic carbocycles. The number of hydrogen-bond donors (Lipinski definition) is 1. The van der Waals surface area contributed by atoms with Crippen LogP contribution in [0.4, 0.5) is 19.0 Å². The van der Waals surface area contributed by atoms with Crippen molar-refractivity contribution in [2.24, 2.45) is 5.92 Å². The van der Waals surface area contributed by atoms with Gasteiger partial charge in [-0.15, -0.1) is 12.4 Å². The van der Waals surface area contributed by atoms with E-state index in [1.165, 1.54) is 0 Å². The summed E-state index contributed by atoms with van der Waals surface area (Å²) in [5, 5.41) is 3.25. The molecule has 1 atom stereocenters. The molecule has 0 saturated carbocycles. The number of amides is 1. The summed E-state index contributed by atoms with van der Waals surface area (Å²) in [4.78, 5) is 20.4. The van der Waals surface area contributed by atoms with Crippen LogP contribution in [0.1, 0.15) is 25.3 Å². The van der Waals surface area contributed by atoms with Gasteiger partial charge in [-0.1, -0.05) is 11.6 Å². The second-order valence-corrected chi connectivity index (χ2v) is 7.28. The van der Waals surface area contributed by atoms with Gasteiger partial charge in [-0.3, -0.25) is 4.79 Å². The third-order valence-electron chi connectivity index (χ3n) is 5.08. The highest BCUT2D eigenvalue weighted by Gasteiger charge is 2.34. The molecule has 2 aliphatic heterocycles. The van der Waals surface area contributed by atoms with Crippen molar-refractivity contribution >= 4 is 35.7 Å². The van der Waals surface area contributed by atoms with E-state index in [0.29, 0.717) is 38.3 Å². The van der Waals surface area contributed by atoms with Crippen molar-refractivity contribution in [2.45, 2.75) is 32.0 Å². The van der Waals surface area contributed by atoms with Gasteiger partial charge in [-0.2, -0.15) is 13.2 Å². The van der Waals surface area contributed by atoms with Crippen molar-refractivity contribution in [1.82, 2.24) is 15.2 Å². The topological polar surface area (TPSA) is 48.5 Å². The Morgan fingerprint density at radius 2 is 1.96 bits per heavy atom. The number of piperidine rings is 1. The first-order valence-electron chi connectivity index (χ1n) is 8.76. The number of carbonyl (C=O) groups is 1. The molecule has 1 aromatic heterocycles. The van der Waals surface area contributed by atoms with Gasteiger partial charge in [0.25, 0.3) is 0 Å². The lowest BCUT2D eigenvalue weighted by atomic mass is 9.94. The van der Waals surface area contributed by atoms with Crippen molar-refractivity contribution in [3.8, 4) is 0 Å². The molecule has 0 bridgehead atoms. The molecule has 2 saturated heterocycles. The first-order valence-corrected chi connectivity index (χ1v) is 9.14. The minimum Gasteiger partial charge on any atom is -0.355 e. The largest absolute Gasteiger partial charge is 0.417 e. The molecule has 1 aromatic rings. The molecule has 0 spiro atoms. The fraction of sp³-hybridized carbons (Fsp3) is 0.647. The lowest BCUT2D eigenvalue weighted by molar-refractivity contribution is -0.139. The summed E-state index contributed by atoms with van der Waals surface area (Å²) in [7, 11) is 0. The summed E-state index contributed by atoms with van der Waals surface area (Å²) in [5.74, 6) is 0.464. The molecule has 0 radical (unpaired) electrons. The van der Waals surface area contributed by atoms with Gasteiger partial charge in [0.1, 0.15) is 5.82 Å². The van der Waals surface area contributed by atoms with Crippen LogP contribution in [0.5, 0.6) is 0 Å². The Kier molecular flexibility index (Phi) is 7.21. The van der Waals surface area contributed by atoms with Crippen molar-refractivity contribution in [3.63, 3.8) is 0 Å². The Hall–Kier alpha value is -1.25. The average molecular weight is 427 g/mol. The minimum atomic E-state index is -4.46. The van der Waals surface area contributed by atoms with Gasteiger partial charge < -0.3 is 15.1 Å². The Labute approximate surface area is 167 Å². The molecule has 2 aliphatic rings. The number of alkyl halides is 3. The number of anilines is 1. The Morgan fingerprint density at radius 3 is 2.52 bits per heavy atom. The number of aromatic nitrogens is 1. The monoisotopic (exact) mass is 426 g/mol. The van der Waals surface area contributed by atoms with E-state index in [-0.39, 0.29) is 35.3 Å². The molecule has 10 heteroatoms. The molecule has 27 heavy (non-hydrogen) atoms. The lowest BCUT2D eigenvalue weighted by Crippen LogP contribution is -2.54. The highest BCUT2D eigenvalue weighted by molar-refractivity contribution is 6.33. The van der Waals surface area contributed by atoms with E-state index in [9.17, 15) is 18.0 Å². The van der Waals surface area contributed by atoms with Crippen LogP contribution >= 0.6 is 24.0 Å². The van der Waals surface area contributed by atoms with Gasteiger partial charge in [-0.25, -0.2) is 4.98 Å². The molecule has 5 nitrogen and oxygen atoms in total. The van der Waals surface area contributed by atoms with E-state index in [1.54, 1.807) is 0 Å². The maximum Gasteiger partial charge on any atom is 0.417 e. The Morgan fingerprint density at radius 1 is 1.30 bits per heavy atom. The summed E-state index contributed by atoms with van der Waals surface area (Å²) < 4.78 is 38.2. The molecule has 0 aromatic carbocycles. The molecule has 152 valence electrons. The summed E-state index contributed by atoms with van der Waals surface area (Å²) >= 11 is 6.02. The molecular weight excluding hydrogens is 404 g/mol. The predicted molar refractivity (Wildman–Crippen MR) is 100 cm³/mol.